The minimum absolute atomic E-state index is 0.239. The van der Waals surface area contributed by atoms with Crippen LogP contribution in [0, 0.1) is 0 Å². The summed E-state index contributed by atoms with van der Waals surface area (Å²) in [7, 11) is 0. The Morgan fingerprint density at radius 2 is 2.06 bits per heavy atom. The van der Waals surface area contributed by atoms with Crippen molar-refractivity contribution in [2.24, 2.45) is 0 Å². The number of hydrogen-bond donors (Lipinski definition) is 1. The topological polar surface area (TPSA) is 24.9 Å². The van der Waals surface area contributed by atoms with Gasteiger partial charge < -0.3 is 5.32 Å². The van der Waals surface area contributed by atoms with Crippen molar-refractivity contribution in [2.75, 3.05) is 5.32 Å². The van der Waals surface area contributed by atoms with Crippen LogP contribution >= 0.6 is 27.3 Å². The first-order valence-corrected chi connectivity index (χ1v) is 8.10. The van der Waals surface area contributed by atoms with Crippen LogP contribution in [-0.4, -0.2) is 10.5 Å². The lowest BCUT2D eigenvalue weighted by Crippen LogP contribution is -2.36. The zero-order valence-corrected chi connectivity index (χ0v) is 12.9. The number of benzene rings is 1. The van der Waals surface area contributed by atoms with Gasteiger partial charge in [0, 0.05) is 10.0 Å². The van der Waals surface area contributed by atoms with Crippen molar-refractivity contribution in [3.63, 3.8) is 0 Å². The van der Waals surface area contributed by atoms with E-state index in [-0.39, 0.29) is 5.54 Å². The summed E-state index contributed by atoms with van der Waals surface area (Å²) in [6, 6.07) is 6.26. The largest absolute Gasteiger partial charge is 0.356 e. The molecule has 96 valence electrons. The summed E-state index contributed by atoms with van der Waals surface area (Å²) in [4.78, 5) is 4.68. The first kappa shape index (κ1) is 12.4. The molecule has 0 aliphatic heterocycles. The van der Waals surface area contributed by atoms with Crippen LogP contribution in [0.3, 0.4) is 0 Å². The molecular weight excluding hydrogens is 308 g/mol. The number of hydrogen-bond acceptors (Lipinski definition) is 3. The zero-order chi connectivity index (χ0) is 12.6. The van der Waals surface area contributed by atoms with Gasteiger partial charge in [-0.25, -0.2) is 4.98 Å². The van der Waals surface area contributed by atoms with E-state index < -0.39 is 0 Å². The highest BCUT2D eigenvalue weighted by atomic mass is 79.9. The monoisotopic (exact) mass is 324 g/mol. The molecule has 0 saturated heterocycles. The van der Waals surface area contributed by atoms with Crippen LogP contribution in [0.4, 0.5) is 5.13 Å². The van der Waals surface area contributed by atoms with Crippen LogP contribution < -0.4 is 5.32 Å². The second-order valence-corrected chi connectivity index (χ2v) is 7.32. The summed E-state index contributed by atoms with van der Waals surface area (Å²) in [5, 5.41) is 4.72. The smallest absolute Gasteiger partial charge is 0.184 e. The van der Waals surface area contributed by atoms with E-state index in [2.05, 4.69) is 45.3 Å². The van der Waals surface area contributed by atoms with Crippen molar-refractivity contribution in [2.45, 2.75) is 44.6 Å². The maximum atomic E-state index is 4.68. The third kappa shape index (κ3) is 2.54. The number of aromatic nitrogens is 1. The predicted molar refractivity (Wildman–Crippen MR) is 82.4 cm³/mol. The Labute approximate surface area is 120 Å². The standard InChI is InChI=1S/C14H17BrN2S/c1-14(7-3-2-4-8-14)17-13-16-11-6-5-10(15)9-12(11)18-13/h5-6,9H,2-4,7-8H2,1H3,(H,16,17). The van der Waals surface area contributed by atoms with Crippen molar-refractivity contribution in [3.05, 3.63) is 22.7 Å². The van der Waals surface area contributed by atoms with Crippen molar-refractivity contribution >= 4 is 42.6 Å². The summed E-state index contributed by atoms with van der Waals surface area (Å²) in [5.41, 5.74) is 1.33. The van der Waals surface area contributed by atoms with Crippen molar-refractivity contribution in [1.82, 2.24) is 4.98 Å². The normalized spacial score (nSPS) is 19.0. The average molecular weight is 325 g/mol. The molecule has 1 N–H and O–H groups in total. The molecule has 0 spiro atoms. The summed E-state index contributed by atoms with van der Waals surface area (Å²) < 4.78 is 2.36. The van der Waals surface area contributed by atoms with Crippen molar-refractivity contribution in [1.29, 1.82) is 0 Å². The molecule has 4 heteroatoms. The first-order chi connectivity index (χ1) is 8.65. The lowest BCUT2D eigenvalue weighted by atomic mass is 9.83. The third-order valence-electron chi connectivity index (χ3n) is 3.72. The maximum absolute atomic E-state index is 4.68. The van der Waals surface area contributed by atoms with Gasteiger partial charge in [0.05, 0.1) is 10.2 Å². The second kappa shape index (κ2) is 4.82. The average Bonchev–Trinajstić information content (AvgIpc) is 2.70. The van der Waals surface area contributed by atoms with Crippen LogP contribution in [0.25, 0.3) is 10.2 Å². The van der Waals surface area contributed by atoms with E-state index in [1.165, 1.54) is 36.8 Å². The van der Waals surface area contributed by atoms with Crippen LogP contribution in [0.15, 0.2) is 22.7 Å². The fourth-order valence-corrected chi connectivity index (χ4v) is 4.23. The highest BCUT2D eigenvalue weighted by Crippen LogP contribution is 2.35. The molecule has 18 heavy (non-hydrogen) atoms. The summed E-state index contributed by atoms with van der Waals surface area (Å²) in [6.45, 7) is 2.33. The molecule has 0 amide bonds. The van der Waals surface area contributed by atoms with Crippen LogP contribution in [-0.2, 0) is 0 Å². The number of anilines is 1. The fraction of sp³-hybridized carbons (Fsp3) is 0.500. The van der Waals surface area contributed by atoms with Gasteiger partial charge in [0.25, 0.3) is 0 Å². The van der Waals surface area contributed by atoms with E-state index in [4.69, 9.17) is 0 Å². The SMILES string of the molecule is CC1(Nc2nc3ccc(Br)cc3s2)CCCCC1. The van der Waals surface area contributed by atoms with Gasteiger partial charge in [-0.1, -0.05) is 46.5 Å². The molecule has 1 aliphatic carbocycles. The van der Waals surface area contributed by atoms with Crippen molar-refractivity contribution in [3.8, 4) is 0 Å². The number of nitrogens with zero attached hydrogens (tertiary/aromatic N) is 1. The molecule has 1 saturated carbocycles. The highest BCUT2D eigenvalue weighted by Gasteiger charge is 2.27. The van der Waals surface area contributed by atoms with Gasteiger partial charge in [0.15, 0.2) is 5.13 Å². The third-order valence-corrected chi connectivity index (χ3v) is 5.14. The number of nitrogens with one attached hydrogen (secondary N) is 1. The van der Waals surface area contributed by atoms with Crippen LogP contribution in [0.1, 0.15) is 39.0 Å². The van der Waals surface area contributed by atoms with Gasteiger partial charge in [-0.15, -0.1) is 0 Å². The van der Waals surface area contributed by atoms with E-state index in [1.54, 1.807) is 11.3 Å². The minimum Gasteiger partial charge on any atom is -0.356 e. The van der Waals surface area contributed by atoms with Crippen LogP contribution in [0.2, 0.25) is 0 Å². The van der Waals surface area contributed by atoms with Crippen LogP contribution in [0.5, 0.6) is 0 Å². The van der Waals surface area contributed by atoms with Gasteiger partial charge >= 0.3 is 0 Å². The Kier molecular flexibility index (Phi) is 3.32. The lowest BCUT2D eigenvalue weighted by Gasteiger charge is -2.34. The van der Waals surface area contributed by atoms with Gasteiger partial charge in [0.1, 0.15) is 0 Å². The Bertz CT molecular complexity index is 558. The van der Waals surface area contributed by atoms with E-state index in [0.29, 0.717) is 0 Å². The van der Waals surface area contributed by atoms with E-state index >= 15 is 0 Å². The summed E-state index contributed by atoms with van der Waals surface area (Å²) in [6.07, 6.45) is 6.56. The molecule has 1 aromatic heterocycles. The lowest BCUT2D eigenvalue weighted by molar-refractivity contribution is 0.349. The Morgan fingerprint density at radius 3 is 2.83 bits per heavy atom. The molecule has 0 atom stereocenters. The molecule has 0 radical (unpaired) electrons. The molecule has 1 aromatic carbocycles. The molecule has 2 nitrogen and oxygen atoms in total. The molecule has 1 fully saturated rings. The predicted octanol–water partition coefficient (Wildman–Crippen LogP) is 5.19. The fourth-order valence-electron chi connectivity index (χ4n) is 2.67. The number of halogens is 1. The molecule has 2 aromatic rings. The molecule has 3 rings (SSSR count). The summed E-state index contributed by atoms with van der Waals surface area (Å²) in [5.74, 6) is 0. The molecular formula is C14H17BrN2S. The number of rotatable bonds is 2. The van der Waals surface area contributed by atoms with Crippen molar-refractivity contribution < 1.29 is 0 Å². The Hall–Kier alpha value is -0.610. The van der Waals surface area contributed by atoms with E-state index in [1.807, 2.05) is 6.07 Å². The molecule has 1 heterocycles. The molecule has 1 aliphatic rings. The highest BCUT2D eigenvalue weighted by molar-refractivity contribution is 9.10. The van der Waals surface area contributed by atoms with Gasteiger partial charge in [-0.05, 0) is 38.0 Å². The Balaban J connectivity index is 1.86. The second-order valence-electron chi connectivity index (χ2n) is 5.38. The molecule has 0 unspecified atom stereocenters. The quantitative estimate of drug-likeness (QED) is 0.821. The molecule has 0 bridgehead atoms. The first-order valence-electron chi connectivity index (χ1n) is 6.49. The minimum atomic E-state index is 0.239. The zero-order valence-electron chi connectivity index (χ0n) is 10.5. The Morgan fingerprint density at radius 1 is 1.28 bits per heavy atom. The van der Waals surface area contributed by atoms with E-state index in [0.717, 1.165) is 15.1 Å². The number of thiazole rings is 1. The summed E-state index contributed by atoms with van der Waals surface area (Å²) >= 11 is 5.26. The van der Waals surface area contributed by atoms with E-state index in [9.17, 15) is 0 Å². The van der Waals surface area contributed by atoms with Gasteiger partial charge in [-0.2, -0.15) is 0 Å². The van der Waals surface area contributed by atoms with Gasteiger partial charge in [-0.3, -0.25) is 0 Å². The maximum Gasteiger partial charge on any atom is 0.184 e. The number of fused-ring (bicyclic) bond motifs is 1. The van der Waals surface area contributed by atoms with Gasteiger partial charge in [0.2, 0.25) is 0 Å².